The van der Waals surface area contributed by atoms with Crippen LogP contribution in [-0.2, 0) is 11.3 Å². The van der Waals surface area contributed by atoms with Gasteiger partial charge in [-0.25, -0.2) is 4.79 Å². The zero-order chi connectivity index (χ0) is 16.7. The summed E-state index contributed by atoms with van der Waals surface area (Å²) in [7, 11) is 0. The molecule has 0 aliphatic carbocycles. The van der Waals surface area contributed by atoms with Crippen molar-refractivity contribution in [2.75, 3.05) is 32.7 Å². The Labute approximate surface area is 137 Å². The van der Waals surface area contributed by atoms with Crippen molar-refractivity contribution in [1.82, 2.24) is 24.9 Å². The van der Waals surface area contributed by atoms with E-state index in [1.54, 1.807) is 11.1 Å². The summed E-state index contributed by atoms with van der Waals surface area (Å²) < 4.78 is 1.86. The van der Waals surface area contributed by atoms with Gasteiger partial charge < -0.3 is 15.1 Å². The molecule has 0 aromatic carbocycles. The lowest BCUT2D eigenvalue weighted by atomic mass is 10.2. The number of nitrogens with zero attached hydrogens (tertiary/aromatic N) is 4. The Morgan fingerprint density at radius 1 is 1.43 bits per heavy atom. The highest BCUT2D eigenvalue weighted by Gasteiger charge is 2.24. The Bertz CT molecular complexity index is 503. The molecule has 0 saturated carbocycles. The van der Waals surface area contributed by atoms with Gasteiger partial charge >= 0.3 is 6.03 Å². The zero-order valence-corrected chi connectivity index (χ0v) is 14.1. The Kier molecular flexibility index (Phi) is 6.43. The number of nitrogens with one attached hydrogen (secondary N) is 1. The molecule has 1 aromatic heterocycles. The number of carbonyl (C=O) groups is 2. The maximum Gasteiger partial charge on any atom is 0.317 e. The van der Waals surface area contributed by atoms with Crippen LogP contribution in [0.4, 0.5) is 4.79 Å². The Hall–Kier alpha value is -2.05. The summed E-state index contributed by atoms with van der Waals surface area (Å²) in [5.41, 5.74) is 0. The van der Waals surface area contributed by atoms with E-state index < -0.39 is 0 Å². The molecule has 23 heavy (non-hydrogen) atoms. The molecular formula is C16H27N5O2. The van der Waals surface area contributed by atoms with Crippen LogP contribution in [-0.4, -0.2) is 64.2 Å². The van der Waals surface area contributed by atoms with Gasteiger partial charge in [-0.3, -0.25) is 9.48 Å². The fourth-order valence-electron chi connectivity index (χ4n) is 2.76. The zero-order valence-electron chi connectivity index (χ0n) is 14.1. The van der Waals surface area contributed by atoms with Crippen LogP contribution in [0.1, 0.15) is 26.7 Å². The first-order chi connectivity index (χ1) is 11.1. The summed E-state index contributed by atoms with van der Waals surface area (Å²) in [5, 5.41) is 7.10. The molecule has 0 spiro atoms. The van der Waals surface area contributed by atoms with Crippen molar-refractivity contribution >= 4 is 11.9 Å². The Balaban J connectivity index is 1.77. The lowest BCUT2D eigenvalue weighted by Gasteiger charge is -2.22. The average molecular weight is 321 g/mol. The topological polar surface area (TPSA) is 70.5 Å². The molecule has 2 heterocycles. The molecule has 1 fully saturated rings. The first-order valence-electron chi connectivity index (χ1n) is 8.38. The maximum absolute atomic E-state index is 12.3. The van der Waals surface area contributed by atoms with Gasteiger partial charge in [0.1, 0.15) is 6.54 Å². The second kappa shape index (κ2) is 8.55. The normalized spacial score (nSPS) is 17.0. The first kappa shape index (κ1) is 17.3. The summed E-state index contributed by atoms with van der Waals surface area (Å²) in [5.74, 6) is 0.321. The van der Waals surface area contributed by atoms with Crippen LogP contribution in [0.2, 0.25) is 0 Å². The molecule has 1 N–H and O–H groups in total. The molecule has 128 valence electrons. The molecule has 2 rings (SSSR count). The van der Waals surface area contributed by atoms with E-state index in [1.165, 1.54) is 0 Å². The van der Waals surface area contributed by atoms with Crippen LogP contribution in [0, 0.1) is 5.92 Å². The summed E-state index contributed by atoms with van der Waals surface area (Å²) in [6, 6.07) is 1.74. The summed E-state index contributed by atoms with van der Waals surface area (Å²) >= 11 is 0. The number of amides is 3. The molecule has 3 amide bonds. The summed E-state index contributed by atoms with van der Waals surface area (Å²) in [6.07, 6.45) is 5.44. The van der Waals surface area contributed by atoms with E-state index in [1.807, 2.05) is 21.8 Å². The standard InChI is InChI=1S/C16H27N5O2/c1-3-7-19-8-5-9-20(13-15(19)22)16(23)17-11-14(2)12-21-10-4-6-18-21/h4,6,10,14H,3,5,7-9,11-13H2,1-2H3,(H,17,23)/t14-/m0/s1. The van der Waals surface area contributed by atoms with Crippen molar-refractivity contribution in [1.29, 1.82) is 0 Å². The Morgan fingerprint density at radius 3 is 2.96 bits per heavy atom. The van der Waals surface area contributed by atoms with Gasteiger partial charge in [-0.1, -0.05) is 13.8 Å². The first-order valence-corrected chi connectivity index (χ1v) is 8.38. The minimum Gasteiger partial charge on any atom is -0.341 e. The summed E-state index contributed by atoms with van der Waals surface area (Å²) in [4.78, 5) is 27.9. The van der Waals surface area contributed by atoms with Gasteiger partial charge in [-0.15, -0.1) is 0 Å². The van der Waals surface area contributed by atoms with E-state index >= 15 is 0 Å². The van der Waals surface area contributed by atoms with Crippen LogP contribution >= 0.6 is 0 Å². The average Bonchev–Trinajstić information content (AvgIpc) is 2.96. The van der Waals surface area contributed by atoms with Crippen molar-refractivity contribution < 1.29 is 9.59 Å². The van der Waals surface area contributed by atoms with Crippen molar-refractivity contribution in [2.24, 2.45) is 5.92 Å². The van der Waals surface area contributed by atoms with Gasteiger partial charge in [0, 0.05) is 45.1 Å². The van der Waals surface area contributed by atoms with Gasteiger partial charge in [0.2, 0.25) is 5.91 Å². The van der Waals surface area contributed by atoms with E-state index in [2.05, 4.69) is 24.3 Å². The van der Waals surface area contributed by atoms with Crippen molar-refractivity contribution in [2.45, 2.75) is 33.2 Å². The Morgan fingerprint density at radius 2 is 2.26 bits per heavy atom. The second-order valence-electron chi connectivity index (χ2n) is 6.18. The molecule has 0 bridgehead atoms. The molecule has 7 heteroatoms. The van der Waals surface area contributed by atoms with Crippen LogP contribution in [0.25, 0.3) is 0 Å². The largest absolute Gasteiger partial charge is 0.341 e. The smallest absolute Gasteiger partial charge is 0.317 e. The van der Waals surface area contributed by atoms with E-state index in [9.17, 15) is 9.59 Å². The number of hydrogen-bond acceptors (Lipinski definition) is 3. The molecular weight excluding hydrogens is 294 g/mol. The third-order valence-electron chi connectivity index (χ3n) is 3.98. The van der Waals surface area contributed by atoms with Gasteiger partial charge in [-0.2, -0.15) is 5.10 Å². The lowest BCUT2D eigenvalue weighted by Crippen LogP contribution is -2.45. The number of rotatable bonds is 6. The third-order valence-corrected chi connectivity index (χ3v) is 3.98. The van der Waals surface area contributed by atoms with Gasteiger partial charge in [0.05, 0.1) is 0 Å². The van der Waals surface area contributed by atoms with Crippen LogP contribution < -0.4 is 5.32 Å². The molecule has 1 aliphatic rings. The quantitative estimate of drug-likeness (QED) is 0.855. The van der Waals surface area contributed by atoms with E-state index in [0.717, 1.165) is 32.5 Å². The van der Waals surface area contributed by atoms with Gasteiger partial charge in [0.25, 0.3) is 0 Å². The van der Waals surface area contributed by atoms with E-state index in [0.29, 0.717) is 13.1 Å². The van der Waals surface area contributed by atoms with Gasteiger partial charge in [0.15, 0.2) is 0 Å². The van der Waals surface area contributed by atoms with Crippen LogP contribution in [0.15, 0.2) is 18.5 Å². The van der Waals surface area contributed by atoms with Crippen LogP contribution in [0.3, 0.4) is 0 Å². The molecule has 0 radical (unpaired) electrons. The summed E-state index contributed by atoms with van der Waals surface area (Å²) in [6.45, 7) is 7.78. The fraction of sp³-hybridized carbons (Fsp3) is 0.688. The van der Waals surface area contributed by atoms with E-state index in [4.69, 9.17) is 0 Å². The van der Waals surface area contributed by atoms with E-state index in [-0.39, 0.29) is 24.4 Å². The minimum absolute atomic E-state index is 0.0455. The molecule has 1 saturated heterocycles. The molecule has 0 unspecified atom stereocenters. The predicted molar refractivity (Wildman–Crippen MR) is 87.9 cm³/mol. The van der Waals surface area contributed by atoms with Crippen LogP contribution in [0.5, 0.6) is 0 Å². The molecule has 1 aromatic rings. The van der Waals surface area contributed by atoms with Crippen molar-refractivity contribution in [3.8, 4) is 0 Å². The predicted octanol–water partition coefficient (Wildman–Crippen LogP) is 1.17. The third kappa shape index (κ3) is 5.26. The maximum atomic E-state index is 12.3. The second-order valence-corrected chi connectivity index (χ2v) is 6.18. The highest BCUT2D eigenvalue weighted by Crippen LogP contribution is 2.06. The monoisotopic (exact) mass is 321 g/mol. The minimum atomic E-state index is -0.149. The number of aromatic nitrogens is 2. The lowest BCUT2D eigenvalue weighted by molar-refractivity contribution is -0.130. The molecule has 1 atom stereocenters. The van der Waals surface area contributed by atoms with Crippen molar-refractivity contribution in [3.05, 3.63) is 18.5 Å². The highest BCUT2D eigenvalue weighted by atomic mass is 16.2. The molecule has 7 nitrogen and oxygen atoms in total. The molecule has 1 aliphatic heterocycles. The highest BCUT2D eigenvalue weighted by molar-refractivity contribution is 5.84. The van der Waals surface area contributed by atoms with Crippen molar-refractivity contribution in [3.63, 3.8) is 0 Å². The number of hydrogen-bond donors (Lipinski definition) is 1. The van der Waals surface area contributed by atoms with Gasteiger partial charge in [-0.05, 0) is 24.8 Å². The SMILES string of the molecule is CCCN1CCCN(C(=O)NC[C@H](C)Cn2cccn2)CC1=O. The number of urea groups is 1. The number of carbonyl (C=O) groups excluding carboxylic acids is 2. The fourth-order valence-corrected chi connectivity index (χ4v) is 2.76.